The maximum atomic E-state index is 5.96. The van der Waals surface area contributed by atoms with E-state index >= 15 is 0 Å². The largest absolute Gasteiger partial charge is 0.327 e. The van der Waals surface area contributed by atoms with E-state index in [4.69, 9.17) is 17.3 Å². The van der Waals surface area contributed by atoms with Gasteiger partial charge in [-0.2, -0.15) is 0 Å². The number of hydrogen-bond acceptors (Lipinski definition) is 2. The van der Waals surface area contributed by atoms with Gasteiger partial charge in [0.1, 0.15) is 5.82 Å². The normalized spacial score (nSPS) is 13.2. The number of halogens is 1. The van der Waals surface area contributed by atoms with E-state index in [0.29, 0.717) is 5.02 Å². The van der Waals surface area contributed by atoms with E-state index in [1.54, 1.807) is 0 Å². The fourth-order valence-electron chi connectivity index (χ4n) is 1.93. The molecule has 3 nitrogen and oxygen atoms in total. The molecule has 1 aromatic heterocycles. The Morgan fingerprint density at radius 1 is 1.50 bits per heavy atom. The van der Waals surface area contributed by atoms with Crippen molar-refractivity contribution in [2.45, 2.75) is 32.9 Å². The van der Waals surface area contributed by atoms with E-state index in [1.165, 1.54) is 0 Å². The van der Waals surface area contributed by atoms with E-state index in [0.717, 1.165) is 29.8 Å². The molecule has 0 spiro atoms. The van der Waals surface area contributed by atoms with Crippen LogP contribution in [0.5, 0.6) is 0 Å². The first-order valence-corrected chi connectivity index (χ1v) is 5.92. The Balaban J connectivity index is 2.65. The van der Waals surface area contributed by atoms with Crippen molar-refractivity contribution in [2.75, 3.05) is 0 Å². The number of fused-ring (bicyclic) bond motifs is 1. The van der Waals surface area contributed by atoms with Gasteiger partial charge in [-0.25, -0.2) is 4.98 Å². The monoisotopic (exact) mass is 237 g/mol. The maximum absolute atomic E-state index is 5.96. The fourth-order valence-corrected chi connectivity index (χ4v) is 2.09. The highest BCUT2D eigenvalue weighted by Crippen LogP contribution is 2.23. The molecule has 1 atom stereocenters. The molecule has 86 valence electrons. The van der Waals surface area contributed by atoms with Gasteiger partial charge in [-0.05, 0) is 31.5 Å². The SMILES string of the molecule is CCCn1c([C@@H](C)N)nc2cc(Cl)ccc21. The number of aromatic nitrogens is 2. The number of benzene rings is 1. The molecule has 2 rings (SSSR count). The van der Waals surface area contributed by atoms with Crippen LogP contribution in [-0.4, -0.2) is 9.55 Å². The second kappa shape index (κ2) is 4.44. The van der Waals surface area contributed by atoms with Crippen molar-refractivity contribution < 1.29 is 0 Å². The van der Waals surface area contributed by atoms with Crippen molar-refractivity contribution in [1.82, 2.24) is 9.55 Å². The first-order valence-electron chi connectivity index (χ1n) is 5.54. The zero-order chi connectivity index (χ0) is 11.7. The topological polar surface area (TPSA) is 43.8 Å². The summed E-state index contributed by atoms with van der Waals surface area (Å²) in [6.45, 7) is 5.04. The van der Waals surface area contributed by atoms with Gasteiger partial charge in [-0.1, -0.05) is 18.5 Å². The lowest BCUT2D eigenvalue weighted by Crippen LogP contribution is -2.13. The summed E-state index contributed by atoms with van der Waals surface area (Å²) in [5, 5.41) is 0.713. The molecule has 1 aromatic carbocycles. The number of imidazole rings is 1. The Kier molecular flexibility index (Phi) is 3.17. The molecule has 0 fully saturated rings. The molecule has 2 aromatic rings. The number of rotatable bonds is 3. The Hall–Kier alpha value is -1.06. The van der Waals surface area contributed by atoms with Gasteiger partial charge >= 0.3 is 0 Å². The molecule has 4 heteroatoms. The van der Waals surface area contributed by atoms with Gasteiger partial charge in [-0.15, -0.1) is 0 Å². The summed E-state index contributed by atoms with van der Waals surface area (Å²) in [5.74, 6) is 0.930. The van der Waals surface area contributed by atoms with Crippen molar-refractivity contribution >= 4 is 22.6 Å². The van der Waals surface area contributed by atoms with Gasteiger partial charge in [0, 0.05) is 11.6 Å². The zero-order valence-corrected chi connectivity index (χ0v) is 10.3. The van der Waals surface area contributed by atoms with Crippen molar-refractivity contribution in [2.24, 2.45) is 5.73 Å². The number of aryl methyl sites for hydroxylation is 1. The predicted molar refractivity (Wildman–Crippen MR) is 67.6 cm³/mol. The zero-order valence-electron chi connectivity index (χ0n) is 9.57. The molecular weight excluding hydrogens is 222 g/mol. The molecule has 1 heterocycles. The van der Waals surface area contributed by atoms with Gasteiger partial charge in [0.05, 0.1) is 17.1 Å². The number of nitrogens with two attached hydrogens (primary N) is 1. The van der Waals surface area contributed by atoms with Crippen LogP contribution in [0.3, 0.4) is 0 Å². The fraction of sp³-hybridized carbons (Fsp3) is 0.417. The highest BCUT2D eigenvalue weighted by atomic mass is 35.5. The van der Waals surface area contributed by atoms with Gasteiger partial charge in [0.25, 0.3) is 0 Å². The third-order valence-corrected chi connectivity index (χ3v) is 2.83. The molecule has 0 aliphatic rings. The molecule has 0 saturated carbocycles. The van der Waals surface area contributed by atoms with Gasteiger partial charge < -0.3 is 10.3 Å². The minimum absolute atomic E-state index is 0.0577. The minimum Gasteiger partial charge on any atom is -0.327 e. The molecule has 0 bridgehead atoms. The highest BCUT2D eigenvalue weighted by molar-refractivity contribution is 6.31. The number of nitrogens with zero attached hydrogens (tertiary/aromatic N) is 2. The summed E-state index contributed by atoms with van der Waals surface area (Å²) in [6, 6.07) is 5.72. The summed E-state index contributed by atoms with van der Waals surface area (Å²) in [5.41, 5.74) is 7.96. The number of hydrogen-bond donors (Lipinski definition) is 1. The average molecular weight is 238 g/mol. The van der Waals surface area contributed by atoms with Crippen LogP contribution in [0.15, 0.2) is 18.2 Å². The van der Waals surface area contributed by atoms with Crippen molar-refractivity contribution in [3.05, 3.63) is 29.0 Å². The summed E-state index contributed by atoms with van der Waals surface area (Å²) < 4.78 is 2.18. The quantitative estimate of drug-likeness (QED) is 0.892. The van der Waals surface area contributed by atoms with Crippen molar-refractivity contribution in [1.29, 1.82) is 0 Å². The first kappa shape index (κ1) is 11.4. The molecule has 0 aliphatic heterocycles. The standard InChI is InChI=1S/C12H16ClN3/c1-3-6-16-11-5-4-9(13)7-10(11)15-12(16)8(2)14/h4-5,7-8H,3,6,14H2,1-2H3/t8-/m1/s1. The van der Waals surface area contributed by atoms with Gasteiger partial charge in [-0.3, -0.25) is 0 Å². The second-order valence-electron chi connectivity index (χ2n) is 4.04. The lowest BCUT2D eigenvalue weighted by Gasteiger charge is -2.09. The van der Waals surface area contributed by atoms with Crippen molar-refractivity contribution in [3.8, 4) is 0 Å². The Morgan fingerprint density at radius 3 is 2.88 bits per heavy atom. The molecule has 0 amide bonds. The maximum Gasteiger partial charge on any atom is 0.126 e. The van der Waals surface area contributed by atoms with E-state index in [9.17, 15) is 0 Å². The second-order valence-corrected chi connectivity index (χ2v) is 4.48. The molecule has 16 heavy (non-hydrogen) atoms. The Labute approximate surface area is 100 Å². The van der Waals surface area contributed by atoms with Crippen LogP contribution >= 0.6 is 11.6 Å². The van der Waals surface area contributed by atoms with E-state index < -0.39 is 0 Å². The summed E-state index contributed by atoms with van der Waals surface area (Å²) >= 11 is 5.96. The molecule has 0 aliphatic carbocycles. The van der Waals surface area contributed by atoms with Crippen LogP contribution in [0.2, 0.25) is 5.02 Å². The third kappa shape index (κ3) is 1.93. The molecule has 2 N–H and O–H groups in total. The lowest BCUT2D eigenvalue weighted by atomic mass is 10.3. The molecule has 0 saturated heterocycles. The lowest BCUT2D eigenvalue weighted by molar-refractivity contribution is 0.613. The van der Waals surface area contributed by atoms with Gasteiger partial charge in [0.2, 0.25) is 0 Å². The van der Waals surface area contributed by atoms with Crippen LogP contribution in [0.1, 0.15) is 32.1 Å². The highest BCUT2D eigenvalue weighted by Gasteiger charge is 2.13. The predicted octanol–water partition coefficient (Wildman–Crippen LogP) is 3.12. The average Bonchev–Trinajstić information content (AvgIpc) is 2.57. The van der Waals surface area contributed by atoms with Gasteiger partial charge in [0.15, 0.2) is 0 Å². The molecular formula is C12H16ClN3. The molecule has 0 unspecified atom stereocenters. The Bertz CT molecular complexity index is 502. The third-order valence-electron chi connectivity index (χ3n) is 2.59. The Morgan fingerprint density at radius 2 is 2.25 bits per heavy atom. The summed E-state index contributed by atoms with van der Waals surface area (Å²) in [4.78, 5) is 4.55. The van der Waals surface area contributed by atoms with E-state index in [2.05, 4.69) is 16.5 Å². The first-order chi connectivity index (χ1) is 7.63. The molecule has 0 radical (unpaired) electrons. The van der Waals surface area contributed by atoms with E-state index in [1.807, 2.05) is 25.1 Å². The summed E-state index contributed by atoms with van der Waals surface area (Å²) in [6.07, 6.45) is 1.06. The van der Waals surface area contributed by atoms with Crippen LogP contribution in [0.25, 0.3) is 11.0 Å². The van der Waals surface area contributed by atoms with E-state index in [-0.39, 0.29) is 6.04 Å². The smallest absolute Gasteiger partial charge is 0.126 e. The van der Waals surface area contributed by atoms with Crippen molar-refractivity contribution in [3.63, 3.8) is 0 Å². The van der Waals surface area contributed by atoms with Crippen LogP contribution in [0.4, 0.5) is 0 Å². The van der Waals surface area contributed by atoms with Crippen LogP contribution < -0.4 is 5.73 Å². The minimum atomic E-state index is -0.0577. The van der Waals surface area contributed by atoms with Crippen LogP contribution in [0, 0.1) is 0 Å². The summed E-state index contributed by atoms with van der Waals surface area (Å²) in [7, 11) is 0. The van der Waals surface area contributed by atoms with Crippen LogP contribution in [-0.2, 0) is 6.54 Å².